The third kappa shape index (κ3) is 4.33. The van der Waals surface area contributed by atoms with Crippen LogP contribution in [0.25, 0.3) is 11.8 Å². The molecule has 35 heavy (non-hydrogen) atoms. The lowest BCUT2D eigenvalue weighted by Crippen LogP contribution is -2.54. The first-order chi connectivity index (χ1) is 16.6. The minimum Gasteiger partial charge on any atom is -0.495 e. The molecule has 1 fully saturated rings. The van der Waals surface area contributed by atoms with E-state index in [1.54, 1.807) is 48.7 Å². The molecule has 0 aliphatic carbocycles. The van der Waals surface area contributed by atoms with Crippen molar-refractivity contribution in [1.29, 1.82) is 0 Å². The number of barbiturate groups is 1. The molecule has 0 saturated carbocycles. The maximum absolute atomic E-state index is 13.2. The lowest BCUT2D eigenvalue weighted by molar-refractivity contribution is -0.384. The maximum atomic E-state index is 13.2. The van der Waals surface area contributed by atoms with Crippen LogP contribution in [0.2, 0.25) is 0 Å². The number of aromatic nitrogens is 1. The Morgan fingerprint density at radius 1 is 1.06 bits per heavy atom. The number of urea groups is 1. The summed E-state index contributed by atoms with van der Waals surface area (Å²) in [5, 5.41) is 13.5. The van der Waals surface area contributed by atoms with Gasteiger partial charge < -0.3 is 9.30 Å². The molecule has 1 aliphatic heterocycles. The zero-order chi connectivity index (χ0) is 25.4. The van der Waals surface area contributed by atoms with Crippen molar-refractivity contribution in [2.24, 2.45) is 0 Å². The average molecular weight is 539 g/mol. The van der Waals surface area contributed by atoms with Crippen molar-refractivity contribution in [2.45, 2.75) is 13.8 Å². The van der Waals surface area contributed by atoms with Gasteiger partial charge in [-0.3, -0.25) is 25.0 Å². The van der Waals surface area contributed by atoms with Crippen LogP contribution < -0.4 is 15.0 Å². The Kier molecular flexibility index (Phi) is 6.27. The van der Waals surface area contributed by atoms with Gasteiger partial charge in [-0.1, -0.05) is 15.9 Å². The third-order valence-electron chi connectivity index (χ3n) is 5.57. The second-order valence-corrected chi connectivity index (χ2v) is 8.63. The first-order valence-electron chi connectivity index (χ1n) is 10.3. The number of ether oxygens (including phenoxy) is 1. The van der Waals surface area contributed by atoms with Crippen molar-refractivity contribution in [3.8, 4) is 11.4 Å². The quantitative estimate of drug-likeness (QED) is 0.221. The number of hydrogen-bond donors (Lipinski definition) is 1. The van der Waals surface area contributed by atoms with E-state index in [1.165, 1.54) is 31.4 Å². The van der Waals surface area contributed by atoms with Crippen molar-refractivity contribution >= 4 is 51.2 Å². The molecule has 0 spiro atoms. The fraction of sp³-hybridized carbons (Fsp3) is 0.125. The molecule has 1 aromatic heterocycles. The van der Waals surface area contributed by atoms with E-state index in [0.717, 1.165) is 9.37 Å². The van der Waals surface area contributed by atoms with Gasteiger partial charge in [-0.2, -0.15) is 0 Å². The van der Waals surface area contributed by atoms with E-state index < -0.39 is 22.8 Å². The average Bonchev–Trinajstić information content (AvgIpc) is 3.09. The molecule has 1 saturated heterocycles. The number of methoxy groups -OCH3 is 1. The fourth-order valence-electron chi connectivity index (χ4n) is 3.91. The summed E-state index contributed by atoms with van der Waals surface area (Å²) in [4.78, 5) is 49.9. The first kappa shape index (κ1) is 23.9. The van der Waals surface area contributed by atoms with Crippen LogP contribution in [0.15, 0.2) is 58.6 Å². The number of nitrogens with zero attached hydrogens (tertiary/aromatic N) is 3. The van der Waals surface area contributed by atoms with Gasteiger partial charge in [-0.25, -0.2) is 9.69 Å². The molecule has 10 nitrogen and oxygen atoms in total. The molecule has 4 rings (SSSR count). The molecular weight excluding hydrogens is 520 g/mol. The minimum atomic E-state index is -0.841. The van der Waals surface area contributed by atoms with Crippen LogP contribution in [-0.4, -0.2) is 34.4 Å². The van der Waals surface area contributed by atoms with Gasteiger partial charge in [0, 0.05) is 28.0 Å². The van der Waals surface area contributed by atoms with Gasteiger partial charge in [0.2, 0.25) is 0 Å². The van der Waals surface area contributed by atoms with Gasteiger partial charge in [0.05, 0.1) is 23.4 Å². The number of non-ortho nitro benzene ring substituents is 1. The summed E-state index contributed by atoms with van der Waals surface area (Å²) in [5.74, 6) is -1.17. The Hall–Kier alpha value is -4.25. The second kappa shape index (κ2) is 9.18. The van der Waals surface area contributed by atoms with Crippen LogP contribution in [0.3, 0.4) is 0 Å². The van der Waals surface area contributed by atoms with E-state index in [4.69, 9.17) is 4.74 Å². The maximum Gasteiger partial charge on any atom is 0.335 e. The van der Waals surface area contributed by atoms with Crippen molar-refractivity contribution in [3.05, 3.63) is 85.6 Å². The molecule has 3 aromatic rings. The highest BCUT2D eigenvalue weighted by Gasteiger charge is 2.37. The van der Waals surface area contributed by atoms with Crippen molar-refractivity contribution in [3.63, 3.8) is 0 Å². The van der Waals surface area contributed by atoms with Crippen molar-refractivity contribution < 1.29 is 24.0 Å². The predicted octanol–water partition coefficient (Wildman–Crippen LogP) is 4.44. The highest BCUT2D eigenvalue weighted by atomic mass is 79.9. The number of halogens is 1. The molecule has 1 aliphatic rings. The number of imide groups is 2. The van der Waals surface area contributed by atoms with E-state index in [0.29, 0.717) is 34.1 Å². The van der Waals surface area contributed by atoms with Gasteiger partial charge in [0.25, 0.3) is 17.5 Å². The number of anilines is 1. The molecule has 11 heteroatoms. The van der Waals surface area contributed by atoms with Gasteiger partial charge in [-0.05, 0) is 61.9 Å². The van der Waals surface area contributed by atoms with Crippen LogP contribution in [0.1, 0.15) is 17.0 Å². The number of nitro benzene ring substituents is 1. The molecule has 178 valence electrons. The van der Waals surface area contributed by atoms with Crippen molar-refractivity contribution in [1.82, 2.24) is 9.88 Å². The zero-order valence-electron chi connectivity index (χ0n) is 18.9. The lowest BCUT2D eigenvalue weighted by Gasteiger charge is -2.26. The van der Waals surface area contributed by atoms with Crippen LogP contribution in [0.4, 0.5) is 16.2 Å². The van der Waals surface area contributed by atoms with Gasteiger partial charge in [0.1, 0.15) is 11.3 Å². The number of aryl methyl sites for hydroxylation is 1. The van der Waals surface area contributed by atoms with Gasteiger partial charge >= 0.3 is 6.03 Å². The van der Waals surface area contributed by atoms with Crippen LogP contribution in [0, 0.1) is 24.0 Å². The first-order valence-corrected chi connectivity index (χ1v) is 11.1. The van der Waals surface area contributed by atoms with E-state index in [1.807, 2.05) is 0 Å². The summed E-state index contributed by atoms with van der Waals surface area (Å²) in [6, 6.07) is 11.6. The Labute approximate surface area is 208 Å². The van der Waals surface area contributed by atoms with Crippen LogP contribution in [0.5, 0.6) is 5.75 Å². The van der Waals surface area contributed by atoms with Crippen LogP contribution >= 0.6 is 15.9 Å². The second-order valence-electron chi connectivity index (χ2n) is 7.71. The molecule has 2 heterocycles. The summed E-state index contributed by atoms with van der Waals surface area (Å²) in [6.45, 7) is 3.54. The van der Waals surface area contributed by atoms with Gasteiger partial charge in [0.15, 0.2) is 0 Å². The smallest absolute Gasteiger partial charge is 0.335 e. The SMILES string of the molecule is COc1ccc([N+](=O)[O-])cc1-n1c(C)cc(/C=C2\C(=O)NC(=O)N(c3ccc(Br)cc3)C2=O)c1C. The molecule has 2 aromatic carbocycles. The fourth-order valence-corrected chi connectivity index (χ4v) is 4.17. The third-order valence-corrected chi connectivity index (χ3v) is 6.10. The highest BCUT2D eigenvalue weighted by molar-refractivity contribution is 9.10. The summed E-state index contributed by atoms with van der Waals surface area (Å²) >= 11 is 3.31. The summed E-state index contributed by atoms with van der Waals surface area (Å²) in [7, 11) is 1.46. The standard InChI is InChI=1S/C24H19BrN4O6/c1-13-10-15(14(2)27(13)20-12-18(29(33)34)8-9-21(20)35-3)11-19-22(30)26-24(32)28(23(19)31)17-6-4-16(25)5-7-17/h4-12H,1-3H3,(H,26,30,32)/b19-11+. The molecule has 0 unspecified atom stereocenters. The van der Waals surface area contributed by atoms with E-state index >= 15 is 0 Å². The Balaban J connectivity index is 1.80. The molecule has 0 atom stereocenters. The Bertz CT molecular complexity index is 1420. The lowest BCUT2D eigenvalue weighted by atomic mass is 10.1. The van der Waals surface area contributed by atoms with Crippen molar-refractivity contribution in [2.75, 3.05) is 12.0 Å². The number of nitro groups is 1. The summed E-state index contributed by atoms with van der Waals surface area (Å²) in [5.41, 5.74) is 2.24. The minimum absolute atomic E-state index is 0.112. The number of nitrogens with one attached hydrogen (secondary N) is 1. The topological polar surface area (TPSA) is 124 Å². The van der Waals surface area contributed by atoms with E-state index in [2.05, 4.69) is 21.2 Å². The normalized spacial score (nSPS) is 14.9. The Morgan fingerprint density at radius 3 is 2.37 bits per heavy atom. The number of carbonyl (C=O) groups is 3. The monoisotopic (exact) mass is 538 g/mol. The van der Waals surface area contributed by atoms with Crippen LogP contribution in [-0.2, 0) is 9.59 Å². The summed E-state index contributed by atoms with van der Waals surface area (Å²) in [6.07, 6.45) is 1.40. The predicted molar refractivity (Wildman–Crippen MR) is 132 cm³/mol. The van der Waals surface area contributed by atoms with E-state index in [-0.39, 0.29) is 11.3 Å². The molecule has 0 bridgehead atoms. The number of benzene rings is 2. The highest BCUT2D eigenvalue weighted by Crippen LogP contribution is 2.32. The molecule has 1 N–H and O–H groups in total. The molecule has 4 amide bonds. The summed E-state index contributed by atoms with van der Waals surface area (Å²) < 4.78 is 7.90. The molecular formula is C24H19BrN4O6. The number of amides is 4. The van der Waals surface area contributed by atoms with E-state index in [9.17, 15) is 24.5 Å². The number of carbonyl (C=O) groups excluding carboxylic acids is 3. The Morgan fingerprint density at radius 2 is 1.74 bits per heavy atom. The number of hydrogen-bond acceptors (Lipinski definition) is 6. The van der Waals surface area contributed by atoms with Gasteiger partial charge in [-0.15, -0.1) is 0 Å². The number of rotatable bonds is 5. The largest absolute Gasteiger partial charge is 0.495 e. The zero-order valence-corrected chi connectivity index (χ0v) is 20.5. The molecule has 0 radical (unpaired) electrons.